The molecule has 0 saturated carbocycles. The Morgan fingerprint density at radius 2 is 2.00 bits per heavy atom. The topological polar surface area (TPSA) is 60.0 Å². The van der Waals surface area contributed by atoms with Gasteiger partial charge in [0, 0.05) is 23.8 Å². The summed E-state index contributed by atoms with van der Waals surface area (Å²) in [5.74, 6) is 1.65. The molecule has 1 aliphatic rings. The van der Waals surface area contributed by atoms with Gasteiger partial charge in [0.1, 0.15) is 11.6 Å². The number of aromatic nitrogens is 3. The number of aryl methyl sites for hydroxylation is 1. The lowest BCUT2D eigenvalue weighted by atomic mass is 10.1. The largest absolute Gasteiger partial charge is 0.382 e. The lowest BCUT2D eigenvalue weighted by Gasteiger charge is -2.33. The number of nitrogen functional groups attached to an aromatic ring is 1. The normalized spacial score (nSPS) is 16.6. The molecule has 1 aliphatic heterocycles. The molecule has 1 saturated heterocycles. The Labute approximate surface area is 126 Å². The van der Waals surface area contributed by atoms with Crippen molar-refractivity contribution in [3.8, 4) is 0 Å². The first kappa shape index (κ1) is 13.4. The van der Waals surface area contributed by atoms with E-state index in [0.717, 1.165) is 41.9 Å². The SMILES string of the molecule is Cc1nc(N2CCC(n3ccc(N)n3)CC2)ccc1Br. The van der Waals surface area contributed by atoms with Crippen LogP contribution in [0.15, 0.2) is 28.9 Å². The lowest BCUT2D eigenvalue weighted by molar-refractivity contribution is 0.366. The molecule has 0 spiro atoms. The fraction of sp³-hybridized carbons (Fsp3) is 0.429. The summed E-state index contributed by atoms with van der Waals surface area (Å²) in [6.45, 7) is 4.02. The van der Waals surface area contributed by atoms with E-state index >= 15 is 0 Å². The highest BCUT2D eigenvalue weighted by molar-refractivity contribution is 9.10. The zero-order valence-electron chi connectivity index (χ0n) is 11.5. The van der Waals surface area contributed by atoms with Crippen LogP contribution in [0, 0.1) is 6.92 Å². The van der Waals surface area contributed by atoms with Crippen LogP contribution in [0.3, 0.4) is 0 Å². The quantitative estimate of drug-likeness (QED) is 0.916. The van der Waals surface area contributed by atoms with Crippen LogP contribution in [0.4, 0.5) is 11.6 Å². The van der Waals surface area contributed by atoms with Crippen molar-refractivity contribution in [2.75, 3.05) is 23.7 Å². The van der Waals surface area contributed by atoms with Gasteiger partial charge in [0.05, 0.1) is 11.7 Å². The number of pyridine rings is 1. The molecule has 3 rings (SSSR count). The van der Waals surface area contributed by atoms with Crippen LogP contribution in [0.5, 0.6) is 0 Å². The van der Waals surface area contributed by atoms with Gasteiger partial charge in [0.15, 0.2) is 0 Å². The van der Waals surface area contributed by atoms with E-state index in [9.17, 15) is 0 Å². The molecule has 5 nitrogen and oxygen atoms in total. The molecule has 0 atom stereocenters. The fourth-order valence-corrected chi connectivity index (χ4v) is 2.84. The van der Waals surface area contributed by atoms with Crippen molar-refractivity contribution in [3.63, 3.8) is 0 Å². The second kappa shape index (κ2) is 5.44. The average Bonchev–Trinajstić information content (AvgIpc) is 2.89. The predicted molar refractivity (Wildman–Crippen MR) is 83.8 cm³/mol. The van der Waals surface area contributed by atoms with Gasteiger partial charge in [-0.15, -0.1) is 0 Å². The number of hydrogen-bond acceptors (Lipinski definition) is 4. The van der Waals surface area contributed by atoms with Crippen molar-refractivity contribution in [1.29, 1.82) is 0 Å². The number of nitrogens with two attached hydrogens (primary N) is 1. The van der Waals surface area contributed by atoms with E-state index in [2.05, 4.69) is 43.0 Å². The summed E-state index contributed by atoms with van der Waals surface area (Å²) < 4.78 is 3.05. The third kappa shape index (κ3) is 2.65. The Morgan fingerprint density at radius 1 is 1.25 bits per heavy atom. The minimum absolute atomic E-state index is 0.445. The number of piperidine rings is 1. The first-order valence-corrected chi connectivity index (χ1v) is 7.61. The molecule has 0 bridgehead atoms. The molecule has 0 aromatic carbocycles. The first-order valence-electron chi connectivity index (χ1n) is 6.82. The molecule has 0 aliphatic carbocycles. The first-order chi connectivity index (χ1) is 9.63. The highest BCUT2D eigenvalue weighted by Crippen LogP contribution is 2.26. The maximum Gasteiger partial charge on any atom is 0.145 e. The number of halogens is 1. The van der Waals surface area contributed by atoms with Gasteiger partial charge >= 0.3 is 0 Å². The summed E-state index contributed by atoms with van der Waals surface area (Å²) in [6.07, 6.45) is 4.10. The van der Waals surface area contributed by atoms with Gasteiger partial charge in [-0.1, -0.05) is 0 Å². The highest BCUT2D eigenvalue weighted by atomic mass is 79.9. The van der Waals surface area contributed by atoms with Gasteiger partial charge in [-0.05, 0) is 53.9 Å². The molecule has 3 heterocycles. The van der Waals surface area contributed by atoms with E-state index in [-0.39, 0.29) is 0 Å². The van der Waals surface area contributed by atoms with Gasteiger partial charge in [0.2, 0.25) is 0 Å². The smallest absolute Gasteiger partial charge is 0.145 e. The van der Waals surface area contributed by atoms with Gasteiger partial charge in [-0.2, -0.15) is 5.10 Å². The van der Waals surface area contributed by atoms with Crippen molar-refractivity contribution in [2.24, 2.45) is 0 Å². The molecule has 2 aromatic heterocycles. The lowest BCUT2D eigenvalue weighted by Crippen LogP contribution is -2.35. The van der Waals surface area contributed by atoms with Crippen molar-refractivity contribution in [1.82, 2.24) is 14.8 Å². The van der Waals surface area contributed by atoms with E-state index in [4.69, 9.17) is 5.73 Å². The minimum Gasteiger partial charge on any atom is -0.382 e. The van der Waals surface area contributed by atoms with Crippen molar-refractivity contribution < 1.29 is 0 Å². The molecular formula is C14H18BrN5. The fourth-order valence-electron chi connectivity index (χ4n) is 2.62. The van der Waals surface area contributed by atoms with Gasteiger partial charge in [-0.25, -0.2) is 4.98 Å². The summed E-state index contributed by atoms with van der Waals surface area (Å²) in [6, 6.07) is 6.44. The standard InChI is InChI=1S/C14H18BrN5/c1-10-12(15)2-3-14(17-10)19-7-4-11(5-8-19)20-9-6-13(16)18-20/h2-3,6,9,11H,4-5,7-8H2,1H3,(H2,16,18). The third-order valence-corrected chi connectivity index (χ3v) is 4.64. The maximum absolute atomic E-state index is 5.68. The second-order valence-corrected chi connectivity index (χ2v) is 6.03. The van der Waals surface area contributed by atoms with Gasteiger partial charge in [0.25, 0.3) is 0 Å². The highest BCUT2D eigenvalue weighted by Gasteiger charge is 2.22. The van der Waals surface area contributed by atoms with E-state index in [1.165, 1.54) is 0 Å². The molecule has 106 valence electrons. The minimum atomic E-state index is 0.445. The Bertz CT molecular complexity index is 601. The van der Waals surface area contributed by atoms with E-state index in [1.807, 2.05) is 23.9 Å². The van der Waals surface area contributed by atoms with Crippen LogP contribution in [0.2, 0.25) is 0 Å². The molecule has 20 heavy (non-hydrogen) atoms. The maximum atomic E-state index is 5.68. The Kier molecular flexibility index (Phi) is 3.65. The summed E-state index contributed by atoms with van der Waals surface area (Å²) in [5.41, 5.74) is 6.71. The molecule has 6 heteroatoms. The summed E-state index contributed by atoms with van der Waals surface area (Å²) in [5, 5.41) is 4.31. The van der Waals surface area contributed by atoms with Crippen LogP contribution in [0.1, 0.15) is 24.6 Å². The molecule has 2 N–H and O–H groups in total. The van der Waals surface area contributed by atoms with Crippen LogP contribution in [-0.2, 0) is 0 Å². The van der Waals surface area contributed by atoms with E-state index in [1.54, 1.807) is 0 Å². The van der Waals surface area contributed by atoms with Crippen LogP contribution in [0.25, 0.3) is 0 Å². The van der Waals surface area contributed by atoms with Gasteiger partial charge in [-0.3, -0.25) is 4.68 Å². The second-order valence-electron chi connectivity index (χ2n) is 5.18. The van der Waals surface area contributed by atoms with Gasteiger partial charge < -0.3 is 10.6 Å². The van der Waals surface area contributed by atoms with E-state index in [0.29, 0.717) is 11.9 Å². The predicted octanol–water partition coefficient (Wildman–Crippen LogP) is 2.77. The Hall–Kier alpha value is -1.56. The molecule has 0 radical (unpaired) electrons. The molecular weight excluding hydrogens is 318 g/mol. The van der Waals surface area contributed by atoms with Crippen LogP contribution < -0.4 is 10.6 Å². The summed E-state index contributed by atoms with van der Waals surface area (Å²) >= 11 is 3.49. The number of anilines is 2. The molecule has 2 aromatic rings. The number of rotatable bonds is 2. The zero-order valence-corrected chi connectivity index (χ0v) is 13.0. The molecule has 0 unspecified atom stereocenters. The van der Waals surface area contributed by atoms with Crippen molar-refractivity contribution >= 4 is 27.6 Å². The summed E-state index contributed by atoms with van der Waals surface area (Å²) in [7, 11) is 0. The van der Waals surface area contributed by atoms with Crippen LogP contribution in [-0.4, -0.2) is 27.9 Å². The zero-order chi connectivity index (χ0) is 14.1. The van der Waals surface area contributed by atoms with E-state index < -0.39 is 0 Å². The Balaban J connectivity index is 1.67. The molecule has 0 amide bonds. The average molecular weight is 336 g/mol. The summed E-state index contributed by atoms with van der Waals surface area (Å²) in [4.78, 5) is 6.97. The van der Waals surface area contributed by atoms with Crippen LogP contribution >= 0.6 is 15.9 Å². The third-order valence-electron chi connectivity index (χ3n) is 3.80. The van der Waals surface area contributed by atoms with Crippen molar-refractivity contribution in [3.05, 3.63) is 34.6 Å². The monoisotopic (exact) mass is 335 g/mol. The van der Waals surface area contributed by atoms with Crippen molar-refractivity contribution in [2.45, 2.75) is 25.8 Å². The molecule has 1 fully saturated rings. The number of nitrogens with zero attached hydrogens (tertiary/aromatic N) is 4. The number of hydrogen-bond donors (Lipinski definition) is 1. The Morgan fingerprint density at radius 3 is 2.60 bits per heavy atom.